The van der Waals surface area contributed by atoms with Crippen LogP contribution in [-0.2, 0) is 0 Å². The van der Waals surface area contributed by atoms with Gasteiger partial charge in [0.25, 0.3) is 5.91 Å². The smallest absolute Gasteiger partial charge is 0.387 e. The van der Waals surface area contributed by atoms with Gasteiger partial charge in [0.1, 0.15) is 11.5 Å². The van der Waals surface area contributed by atoms with Gasteiger partial charge < -0.3 is 10.1 Å². The molecule has 1 aromatic heterocycles. The maximum atomic E-state index is 13.9. The van der Waals surface area contributed by atoms with Crippen molar-refractivity contribution >= 4 is 11.6 Å². The summed E-state index contributed by atoms with van der Waals surface area (Å²) < 4.78 is 57.2. The monoisotopic (exact) mass is 379 g/mol. The zero-order chi connectivity index (χ0) is 19.6. The maximum absolute atomic E-state index is 13.9. The van der Waals surface area contributed by atoms with Crippen molar-refractivity contribution in [3.05, 3.63) is 71.6 Å². The van der Waals surface area contributed by atoms with Crippen molar-refractivity contribution in [2.75, 3.05) is 5.32 Å². The molecule has 0 saturated heterocycles. The predicted octanol–water partition coefficient (Wildman–Crippen LogP) is 4.31. The molecule has 140 valence electrons. The van der Waals surface area contributed by atoms with Gasteiger partial charge in [0.05, 0.1) is 17.5 Å². The van der Waals surface area contributed by atoms with Gasteiger partial charge in [0.2, 0.25) is 0 Å². The summed E-state index contributed by atoms with van der Waals surface area (Å²) in [5, 5.41) is 6.44. The second kappa shape index (κ2) is 7.48. The van der Waals surface area contributed by atoms with Gasteiger partial charge in [0.15, 0.2) is 11.6 Å². The molecule has 0 unspecified atom stereocenters. The molecule has 0 aliphatic rings. The molecular weight excluding hydrogens is 366 g/mol. The first-order valence-electron chi connectivity index (χ1n) is 7.72. The molecule has 0 fully saturated rings. The third kappa shape index (κ3) is 3.91. The normalized spacial score (nSPS) is 10.9. The molecule has 0 bridgehead atoms. The van der Waals surface area contributed by atoms with Crippen LogP contribution in [0.1, 0.15) is 16.1 Å². The lowest BCUT2D eigenvalue weighted by Crippen LogP contribution is -2.13. The van der Waals surface area contributed by atoms with Crippen LogP contribution in [0.25, 0.3) is 5.69 Å². The number of anilines is 1. The van der Waals surface area contributed by atoms with Crippen LogP contribution in [0.5, 0.6) is 5.75 Å². The van der Waals surface area contributed by atoms with Crippen LogP contribution in [0.15, 0.2) is 48.7 Å². The van der Waals surface area contributed by atoms with Crippen LogP contribution < -0.4 is 10.1 Å². The maximum Gasteiger partial charge on any atom is 0.387 e. The van der Waals surface area contributed by atoms with Crippen LogP contribution in [0, 0.1) is 18.6 Å². The fourth-order valence-electron chi connectivity index (χ4n) is 2.47. The minimum Gasteiger partial charge on any atom is -0.432 e. The molecule has 0 radical (unpaired) electrons. The second-order valence-corrected chi connectivity index (χ2v) is 5.48. The van der Waals surface area contributed by atoms with Crippen LogP contribution in [0.2, 0.25) is 0 Å². The minimum absolute atomic E-state index is 0.0390. The van der Waals surface area contributed by atoms with Crippen molar-refractivity contribution < 1.29 is 27.1 Å². The Morgan fingerprint density at radius 3 is 2.56 bits per heavy atom. The Morgan fingerprint density at radius 2 is 1.89 bits per heavy atom. The fourth-order valence-corrected chi connectivity index (χ4v) is 2.47. The third-order valence-electron chi connectivity index (χ3n) is 3.74. The number of halogens is 4. The lowest BCUT2D eigenvalue weighted by molar-refractivity contribution is -0.0521. The van der Waals surface area contributed by atoms with E-state index in [2.05, 4.69) is 15.2 Å². The highest BCUT2D eigenvalue weighted by Gasteiger charge is 2.18. The van der Waals surface area contributed by atoms with Crippen molar-refractivity contribution in [2.24, 2.45) is 0 Å². The fraction of sp³-hybridized carbons (Fsp3) is 0.111. The van der Waals surface area contributed by atoms with E-state index < -0.39 is 29.9 Å². The van der Waals surface area contributed by atoms with Gasteiger partial charge in [-0.3, -0.25) is 4.79 Å². The van der Waals surface area contributed by atoms with Gasteiger partial charge in [-0.25, -0.2) is 13.5 Å². The number of hydrogen-bond donors (Lipinski definition) is 1. The van der Waals surface area contributed by atoms with E-state index in [1.807, 2.05) is 0 Å². The van der Waals surface area contributed by atoms with Crippen molar-refractivity contribution in [2.45, 2.75) is 13.5 Å². The van der Waals surface area contributed by atoms with E-state index in [9.17, 15) is 22.4 Å². The summed E-state index contributed by atoms with van der Waals surface area (Å²) in [6.07, 6.45) is 1.25. The quantitative estimate of drug-likeness (QED) is 0.672. The standard InChI is InChI=1S/C18H13F4N3O2/c1-10-12(9-23-25(10)15-5-3-2-4-13(15)19)17(26)24-11-6-7-16(14(20)8-11)27-18(21)22/h2-9,18H,1H3,(H,24,26). The topological polar surface area (TPSA) is 56.1 Å². The van der Waals surface area contributed by atoms with Crippen LogP contribution in [0.4, 0.5) is 23.2 Å². The first-order chi connectivity index (χ1) is 12.9. The Labute approximate surface area is 151 Å². The molecule has 0 saturated carbocycles. The van der Waals surface area contributed by atoms with Gasteiger partial charge in [-0.1, -0.05) is 12.1 Å². The largest absolute Gasteiger partial charge is 0.432 e. The number of aromatic nitrogens is 2. The van der Waals surface area contributed by atoms with Crippen molar-refractivity contribution in [3.63, 3.8) is 0 Å². The molecule has 0 aliphatic carbocycles. The molecule has 5 nitrogen and oxygen atoms in total. The molecule has 9 heteroatoms. The lowest BCUT2D eigenvalue weighted by Gasteiger charge is -2.09. The zero-order valence-corrected chi connectivity index (χ0v) is 13.9. The summed E-state index contributed by atoms with van der Waals surface area (Å²) >= 11 is 0. The summed E-state index contributed by atoms with van der Waals surface area (Å²) in [6, 6.07) is 8.98. The Balaban J connectivity index is 1.82. The second-order valence-electron chi connectivity index (χ2n) is 5.48. The molecule has 0 spiro atoms. The SMILES string of the molecule is Cc1c(C(=O)Nc2ccc(OC(F)F)c(F)c2)cnn1-c1ccccc1F. The van der Waals surface area contributed by atoms with Crippen LogP contribution >= 0.6 is 0 Å². The first-order valence-corrected chi connectivity index (χ1v) is 7.72. The minimum atomic E-state index is -3.16. The predicted molar refractivity (Wildman–Crippen MR) is 89.2 cm³/mol. The lowest BCUT2D eigenvalue weighted by atomic mass is 10.2. The van der Waals surface area contributed by atoms with Crippen molar-refractivity contribution in [1.29, 1.82) is 0 Å². The number of para-hydroxylation sites is 1. The van der Waals surface area contributed by atoms with E-state index in [4.69, 9.17) is 0 Å². The number of nitrogens with zero attached hydrogens (tertiary/aromatic N) is 2. The molecule has 0 aliphatic heterocycles. The molecule has 2 aromatic carbocycles. The van der Waals surface area contributed by atoms with Gasteiger partial charge >= 0.3 is 6.61 Å². The number of hydrogen-bond acceptors (Lipinski definition) is 3. The molecule has 1 heterocycles. The Kier molecular flexibility index (Phi) is 5.11. The number of carbonyl (C=O) groups excluding carboxylic acids is 1. The number of amides is 1. The summed E-state index contributed by atoms with van der Waals surface area (Å²) in [7, 11) is 0. The van der Waals surface area contributed by atoms with Gasteiger partial charge in [-0.15, -0.1) is 0 Å². The number of ether oxygens (including phenoxy) is 1. The number of nitrogens with one attached hydrogen (secondary N) is 1. The zero-order valence-electron chi connectivity index (χ0n) is 13.9. The van der Waals surface area contributed by atoms with Crippen molar-refractivity contribution in [1.82, 2.24) is 9.78 Å². The molecule has 3 aromatic rings. The van der Waals surface area contributed by atoms with E-state index in [0.29, 0.717) is 5.69 Å². The third-order valence-corrected chi connectivity index (χ3v) is 3.74. The molecule has 3 rings (SSSR count). The highest BCUT2D eigenvalue weighted by molar-refractivity contribution is 6.05. The number of alkyl halides is 2. The number of carbonyl (C=O) groups is 1. The first kappa shape index (κ1) is 18.4. The van der Waals surface area contributed by atoms with E-state index in [1.165, 1.54) is 35.1 Å². The molecule has 0 atom stereocenters. The van der Waals surface area contributed by atoms with E-state index >= 15 is 0 Å². The summed E-state index contributed by atoms with van der Waals surface area (Å²) in [6.45, 7) is -1.58. The Bertz CT molecular complexity index is 988. The average Bonchev–Trinajstić information content (AvgIpc) is 2.99. The van der Waals surface area contributed by atoms with Crippen molar-refractivity contribution in [3.8, 4) is 11.4 Å². The van der Waals surface area contributed by atoms with Crippen LogP contribution in [-0.4, -0.2) is 22.3 Å². The van der Waals surface area contributed by atoms with Crippen LogP contribution in [0.3, 0.4) is 0 Å². The van der Waals surface area contributed by atoms with Gasteiger partial charge in [-0.05, 0) is 31.2 Å². The van der Waals surface area contributed by atoms with E-state index in [1.54, 1.807) is 13.0 Å². The molecular formula is C18H13F4N3O2. The van der Waals surface area contributed by atoms with Gasteiger partial charge in [0, 0.05) is 11.8 Å². The molecule has 1 amide bonds. The van der Waals surface area contributed by atoms with E-state index in [-0.39, 0.29) is 16.9 Å². The van der Waals surface area contributed by atoms with E-state index in [0.717, 1.165) is 12.1 Å². The number of rotatable bonds is 5. The Morgan fingerprint density at radius 1 is 1.15 bits per heavy atom. The molecule has 27 heavy (non-hydrogen) atoms. The number of benzene rings is 2. The molecule has 1 N–H and O–H groups in total. The Hall–Kier alpha value is -3.36. The highest BCUT2D eigenvalue weighted by atomic mass is 19.3. The summed E-state index contributed by atoms with van der Waals surface area (Å²) in [5.74, 6) is -2.80. The van der Waals surface area contributed by atoms with Gasteiger partial charge in [-0.2, -0.15) is 13.9 Å². The average molecular weight is 379 g/mol. The summed E-state index contributed by atoms with van der Waals surface area (Å²) in [5.41, 5.74) is 0.730. The summed E-state index contributed by atoms with van der Waals surface area (Å²) in [4.78, 5) is 12.4. The highest BCUT2D eigenvalue weighted by Crippen LogP contribution is 2.24.